The Morgan fingerprint density at radius 1 is 1.24 bits per heavy atom. The van der Waals surface area contributed by atoms with Crippen LogP contribution in [0.3, 0.4) is 0 Å². The monoisotopic (exact) mass is 315 g/mol. The lowest BCUT2D eigenvalue weighted by Gasteiger charge is -2.18. The molecule has 0 atom stereocenters. The van der Waals surface area contributed by atoms with E-state index in [1.54, 1.807) is 12.1 Å². The predicted molar refractivity (Wildman–Crippen MR) is 78.5 cm³/mol. The smallest absolute Gasteiger partial charge is 0.339 e. The van der Waals surface area contributed by atoms with Crippen LogP contribution in [-0.2, 0) is 14.8 Å². The van der Waals surface area contributed by atoms with Crippen LogP contribution in [0.1, 0.15) is 29.6 Å². The Kier molecular flexibility index (Phi) is 6.80. The van der Waals surface area contributed by atoms with Crippen LogP contribution in [0.5, 0.6) is 0 Å². The molecule has 0 aliphatic rings. The van der Waals surface area contributed by atoms with Crippen molar-refractivity contribution in [3.05, 3.63) is 29.8 Å². The van der Waals surface area contributed by atoms with Crippen molar-refractivity contribution in [2.24, 2.45) is 0 Å². The Morgan fingerprint density at radius 3 is 2.52 bits per heavy atom. The summed E-state index contributed by atoms with van der Waals surface area (Å²) >= 11 is 0. The van der Waals surface area contributed by atoms with E-state index in [1.807, 2.05) is 0 Å². The lowest BCUT2D eigenvalue weighted by atomic mass is 10.2. The Hall–Kier alpha value is -1.44. The molecule has 1 aromatic rings. The van der Waals surface area contributed by atoms with Crippen molar-refractivity contribution >= 4 is 16.0 Å². The maximum Gasteiger partial charge on any atom is 0.339 e. The van der Waals surface area contributed by atoms with Gasteiger partial charge in [0.15, 0.2) is 0 Å². The standard InChI is InChI=1S/C14H21NO5S/c1-15(10-6-3-7-11-16)21(18,19)13-9-5-4-8-12(13)14(17)20-2/h4-5,8-9,16H,3,6-7,10-11H2,1-2H3. The van der Waals surface area contributed by atoms with Gasteiger partial charge in [-0.05, 0) is 31.4 Å². The minimum Gasteiger partial charge on any atom is -0.465 e. The van der Waals surface area contributed by atoms with Gasteiger partial charge in [-0.1, -0.05) is 12.1 Å². The summed E-state index contributed by atoms with van der Waals surface area (Å²) in [5.74, 6) is -0.678. The zero-order chi connectivity index (χ0) is 15.9. The van der Waals surface area contributed by atoms with E-state index in [2.05, 4.69) is 4.74 Å². The number of rotatable bonds is 8. The van der Waals surface area contributed by atoms with Gasteiger partial charge in [-0.2, -0.15) is 0 Å². The SMILES string of the molecule is COC(=O)c1ccccc1S(=O)(=O)N(C)CCCCCO. The predicted octanol–water partition coefficient (Wildman–Crippen LogP) is 1.26. The zero-order valence-corrected chi connectivity index (χ0v) is 13.1. The van der Waals surface area contributed by atoms with E-state index in [4.69, 9.17) is 5.11 Å². The molecule has 0 spiro atoms. The second-order valence-corrected chi connectivity index (χ2v) is 6.61. The Labute approximate surface area is 125 Å². The number of aliphatic hydroxyl groups excluding tert-OH is 1. The highest BCUT2D eigenvalue weighted by Crippen LogP contribution is 2.20. The fourth-order valence-corrected chi connectivity index (χ4v) is 3.27. The molecule has 0 bridgehead atoms. The lowest BCUT2D eigenvalue weighted by Crippen LogP contribution is -2.29. The number of methoxy groups -OCH3 is 1. The van der Waals surface area contributed by atoms with Crippen molar-refractivity contribution in [3.8, 4) is 0 Å². The molecule has 6 nitrogen and oxygen atoms in total. The molecular formula is C14H21NO5S. The van der Waals surface area contributed by atoms with Gasteiger partial charge < -0.3 is 9.84 Å². The summed E-state index contributed by atoms with van der Waals surface area (Å²) in [5, 5.41) is 8.71. The molecule has 118 valence electrons. The quantitative estimate of drug-likeness (QED) is 0.576. The molecule has 1 N–H and O–H groups in total. The van der Waals surface area contributed by atoms with Gasteiger partial charge in [-0.3, -0.25) is 0 Å². The summed E-state index contributed by atoms with van der Waals surface area (Å²) in [4.78, 5) is 11.6. The molecule has 0 fully saturated rings. The molecule has 0 aliphatic heterocycles. The maximum absolute atomic E-state index is 12.5. The fourth-order valence-electron chi connectivity index (χ4n) is 1.88. The number of benzene rings is 1. The van der Waals surface area contributed by atoms with Gasteiger partial charge in [-0.15, -0.1) is 0 Å². The van der Waals surface area contributed by atoms with Gasteiger partial charge in [0.1, 0.15) is 0 Å². The van der Waals surface area contributed by atoms with Crippen LogP contribution in [0.2, 0.25) is 0 Å². The number of carbonyl (C=O) groups excluding carboxylic acids is 1. The number of nitrogens with zero attached hydrogens (tertiary/aromatic N) is 1. The zero-order valence-electron chi connectivity index (χ0n) is 12.3. The van der Waals surface area contributed by atoms with E-state index >= 15 is 0 Å². The minimum atomic E-state index is -3.74. The summed E-state index contributed by atoms with van der Waals surface area (Å²) in [6.07, 6.45) is 2.04. The average molecular weight is 315 g/mol. The molecule has 0 radical (unpaired) electrons. The van der Waals surface area contributed by atoms with Crippen molar-refractivity contribution in [2.75, 3.05) is 27.3 Å². The Balaban J connectivity index is 2.94. The molecule has 7 heteroatoms. The number of hydrogen-bond acceptors (Lipinski definition) is 5. The van der Waals surface area contributed by atoms with E-state index in [1.165, 1.54) is 30.6 Å². The number of carbonyl (C=O) groups is 1. The highest BCUT2D eigenvalue weighted by Gasteiger charge is 2.26. The third-order valence-corrected chi connectivity index (χ3v) is 5.03. The van der Waals surface area contributed by atoms with Crippen molar-refractivity contribution in [3.63, 3.8) is 0 Å². The number of aliphatic hydroxyl groups is 1. The molecule has 1 rings (SSSR count). The Morgan fingerprint density at radius 2 is 1.90 bits per heavy atom. The summed E-state index contributed by atoms with van der Waals surface area (Å²) in [7, 11) is -1.05. The van der Waals surface area contributed by atoms with Crippen molar-refractivity contribution in [2.45, 2.75) is 24.2 Å². The minimum absolute atomic E-state index is 0.0298. The average Bonchev–Trinajstić information content (AvgIpc) is 2.50. The van der Waals surface area contributed by atoms with Gasteiger partial charge in [0, 0.05) is 20.2 Å². The van der Waals surface area contributed by atoms with Gasteiger partial charge in [0.2, 0.25) is 10.0 Å². The Bertz CT molecular complexity index is 570. The van der Waals surface area contributed by atoms with Crippen LogP contribution in [-0.4, -0.2) is 51.1 Å². The molecule has 0 unspecified atom stereocenters. The van der Waals surface area contributed by atoms with Gasteiger partial charge in [-0.25, -0.2) is 17.5 Å². The van der Waals surface area contributed by atoms with E-state index < -0.39 is 16.0 Å². The van der Waals surface area contributed by atoms with Crippen LogP contribution >= 0.6 is 0 Å². The third kappa shape index (κ3) is 4.52. The maximum atomic E-state index is 12.5. The first-order chi connectivity index (χ1) is 9.95. The van der Waals surface area contributed by atoms with Gasteiger partial charge >= 0.3 is 5.97 Å². The van der Waals surface area contributed by atoms with E-state index in [-0.39, 0.29) is 17.1 Å². The lowest BCUT2D eigenvalue weighted by molar-refractivity contribution is 0.0596. The van der Waals surface area contributed by atoms with E-state index in [0.717, 1.165) is 6.42 Å². The first-order valence-corrected chi connectivity index (χ1v) is 8.13. The molecule has 1 aromatic carbocycles. The van der Waals surface area contributed by atoms with Gasteiger partial charge in [0.25, 0.3) is 0 Å². The van der Waals surface area contributed by atoms with Crippen molar-refractivity contribution < 1.29 is 23.1 Å². The summed E-state index contributed by atoms with van der Waals surface area (Å²) in [6, 6.07) is 5.98. The van der Waals surface area contributed by atoms with Crippen LogP contribution in [0, 0.1) is 0 Å². The molecule has 0 amide bonds. The molecule has 0 saturated carbocycles. The van der Waals surface area contributed by atoms with Gasteiger partial charge in [0.05, 0.1) is 17.6 Å². The molecule has 21 heavy (non-hydrogen) atoms. The molecular weight excluding hydrogens is 294 g/mol. The van der Waals surface area contributed by atoms with Crippen molar-refractivity contribution in [1.82, 2.24) is 4.31 Å². The molecule has 0 saturated heterocycles. The summed E-state index contributed by atoms with van der Waals surface area (Å²) in [6.45, 7) is 0.430. The second kappa shape index (κ2) is 8.11. The number of ether oxygens (including phenoxy) is 1. The van der Waals surface area contributed by atoms with Crippen LogP contribution in [0.25, 0.3) is 0 Å². The highest BCUT2D eigenvalue weighted by atomic mass is 32.2. The number of hydrogen-bond donors (Lipinski definition) is 1. The fraction of sp³-hybridized carbons (Fsp3) is 0.500. The van der Waals surface area contributed by atoms with E-state index in [9.17, 15) is 13.2 Å². The largest absolute Gasteiger partial charge is 0.465 e. The second-order valence-electron chi connectivity index (χ2n) is 4.60. The van der Waals surface area contributed by atoms with E-state index in [0.29, 0.717) is 19.4 Å². The van der Waals surface area contributed by atoms with Crippen LogP contribution in [0.15, 0.2) is 29.2 Å². The number of unbranched alkanes of at least 4 members (excludes halogenated alkanes) is 2. The van der Waals surface area contributed by atoms with Crippen molar-refractivity contribution in [1.29, 1.82) is 0 Å². The topological polar surface area (TPSA) is 83.9 Å². The van der Waals surface area contributed by atoms with Crippen LogP contribution in [0.4, 0.5) is 0 Å². The highest BCUT2D eigenvalue weighted by molar-refractivity contribution is 7.89. The normalized spacial score (nSPS) is 11.6. The summed E-state index contributed by atoms with van der Waals surface area (Å²) in [5.41, 5.74) is 0.0298. The first-order valence-electron chi connectivity index (χ1n) is 6.69. The molecule has 0 heterocycles. The van der Waals surface area contributed by atoms with Crippen LogP contribution < -0.4 is 0 Å². The number of esters is 1. The molecule has 0 aliphatic carbocycles. The first kappa shape index (κ1) is 17.6. The molecule has 0 aromatic heterocycles. The third-order valence-electron chi connectivity index (χ3n) is 3.11. The summed E-state index contributed by atoms with van der Waals surface area (Å²) < 4.78 is 30.8. The number of sulfonamides is 1.